The minimum absolute atomic E-state index is 0.0202. The van der Waals surface area contributed by atoms with E-state index < -0.39 is 0 Å². The summed E-state index contributed by atoms with van der Waals surface area (Å²) < 4.78 is 0. The average molecular weight is 194 g/mol. The number of carbonyl (C=O) groups excluding carboxylic acids is 1. The van der Waals surface area contributed by atoms with Gasteiger partial charge in [0.25, 0.3) is 0 Å². The van der Waals surface area contributed by atoms with Gasteiger partial charge in [0.1, 0.15) is 5.56 Å². The van der Waals surface area contributed by atoms with Crippen LogP contribution in [0.5, 0.6) is 0 Å². The van der Waals surface area contributed by atoms with Crippen molar-refractivity contribution in [3.8, 4) is 0 Å². The number of hydrogen-bond donors (Lipinski definition) is 3. The van der Waals surface area contributed by atoms with Crippen molar-refractivity contribution in [1.29, 1.82) is 0 Å². The van der Waals surface area contributed by atoms with Gasteiger partial charge in [0.15, 0.2) is 5.69 Å². The number of pyridine rings is 1. The Kier molecular flexibility index (Phi) is 2.28. The lowest BCUT2D eigenvalue weighted by Crippen LogP contribution is -3.17. The van der Waals surface area contributed by atoms with Crippen molar-refractivity contribution in [2.45, 2.75) is 19.8 Å². The molecule has 0 fully saturated rings. The van der Waals surface area contributed by atoms with Gasteiger partial charge in [0.05, 0.1) is 6.20 Å². The highest BCUT2D eigenvalue weighted by atomic mass is 16.2. The average Bonchev–Trinajstić information content (AvgIpc) is 2.18. The lowest BCUT2D eigenvalue weighted by atomic mass is 10.1. The van der Waals surface area contributed by atoms with Crippen LogP contribution in [0, 0.1) is 0 Å². The number of primary amides is 1. The van der Waals surface area contributed by atoms with E-state index in [1.807, 2.05) is 6.07 Å². The molecule has 0 saturated heterocycles. The molecule has 5 heteroatoms. The SMILES string of the molecule is CC(C)c1cc2c(cn1)[NH2+]N[NH2+]C2=O. The fourth-order valence-corrected chi connectivity index (χ4v) is 1.41. The Bertz CT molecular complexity index is 375. The van der Waals surface area contributed by atoms with E-state index in [1.165, 1.54) is 5.43 Å². The molecule has 0 aliphatic carbocycles. The summed E-state index contributed by atoms with van der Waals surface area (Å²) in [6.45, 7) is 4.13. The van der Waals surface area contributed by atoms with Crippen LogP contribution >= 0.6 is 0 Å². The van der Waals surface area contributed by atoms with Gasteiger partial charge < -0.3 is 0 Å². The summed E-state index contributed by atoms with van der Waals surface area (Å²) in [5.41, 5.74) is 8.61. The number of fused-ring (bicyclic) bond motifs is 1. The van der Waals surface area contributed by atoms with Crippen molar-refractivity contribution in [2.24, 2.45) is 0 Å². The van der Waals surface area contributed by atoms with E-state index in [1.54, 1.807) is 11.6 Å². The first-order chi connectivity index (χ1) is 6.68. The Morgan fingerprint density at radius 1 is 1.43 bits per heavy atom. The number of amides is 1. The first-order valence-electron chi connectivity index (χ1n) is 4.65. The van der Waals surface area contributed by atoms with E-state index in [9.17, 15) is 4.79 Å². The summed E-state index contributed by atoms with van der Waals surface area (Å²) in [6.07, 6.45) is 1.74. The van der Waals surface area contributed by atoms with Crippen molar-refractivity contribution in [3.63, 3.8) is 0 Å². The van der Waals surface area contributed by atoms with Gasteiger partial charge in [-0.2, -0.15) is 10.9 Å². The van der Waals surface area contributed by atoms with E-state index in [0.29, 0.717) is 5.92 Å². The van der Waals surface area contributed by atoms with Gasteiger partial charge >= 0.3 is 5.91 Å². The van der Waals surface area contributed by atoms with Crippen LogP contribution in [0.4, 0.5) is 5.69 Å². The van der Waals surface area contributed by atoms with Crippen LogP contribution in [0.15, 0.2) is 12.3 Å². The fourth-order valence-electron chi connectivity index (χ4n) is 1.41. The van der Waals surface area contributed by atoms with E-state index >= 15 is 0 Å². The molecule has 5 N–H and O–H groups in total. The highest BCUT2D eigenvalue weighted by molar-refractivity contribution is 5.91. The second-order valence-corrected chi connectivity index (χ2v) is 3.67. The number of nitrogens with one attached hydrogen (secondary N) is 1. The summed E-state index contributed by atoms with van der Waals surface area (Å²) in [7, 11) is 0. The van der Waals surface area contributed by atoms with Crippen molar-refractivity contribution in [3.05, 3.63) is 23.5 Å². The molecule has 0 saturated carbocycles. The predicted molar refractivity (Wildman–Crippen MR) is 49.3 cm³/mol. The summed E-state index contributed by atoms with van der Waals surface area (Å²) in [4.78, 5) is 15.8. The van der Waals surface area contributed by atoms with Gasteiger partial charge in [-0.3, -0.25) is 4.98 Å². The Hall–Kier alpha value is -1.30. The van der Waals surface area contributed by atoms with Gasteiger partial charge in [0, 0.05) is 5.69 Å². The van der Waals surface area contributed by atoms with Gasteiger partial charge in [-0.05, 0) is 17.5 Å². The summed E-state index contributed by atoms with van der Waals surface area (Å²) in [5, 5.41) is 0. The van der Waals surface area contributed by atoms with Crippen molar-refractivity contribution in [2.75, 3.05) is 0 Å². The van der Waals surface area contributed by atoms with Crippen LogP contribution < -0.4 is 16.4 Å². The zero-order chi connectivity index (χ0) is 10.1. The number of nitrogens with zero attached hydrogens (tertiary/aromatic N) is 1. The van der Waals surface area contributed by atoms with Crippen molar-refractivity contribution < 1.29 is 15.6 Å². The monoisotopic (exact) mass is 194 g/mol. The molecule has 0 atom stereocenters. The Balaban J connectivity index is 2.46. The zero-order valence-corrected chi connectivity index (χ0v) is 8.24. The van der Waals surface area contributed by atoms with Crippen molar-refractivity contribution in [1.82, 2.24) is 10.5 Å². The normalized spacial score (nSPS) is 15.8. The second kappa shape index (κ2) is 3.45. The molecule has 0 radical (unpaired) electrons. The first-order valence-corrected chi connectivity index (χ1v) is 4.65. The second-order valence-electron chi connectivity index (χ2n) is 3.67. The van der Waals surface area contributed by atoms with E-state index in [0.717, 1.165) is 16.9 Å². The van der Waals surface area contributed by atoms with Gasteiger partial charge in [0.2, 0.25) is 0 Å². The maximum absolute atomic E-state index is 11.5. The molecule has 2 heterocycles. The number of quaternary nitrogens is 2. The van der Waals surface area contributed by atoms with Crippen LogP contribution in [0.25, 0.3) is 0 Å². The number of hydrogen-bond acceptors (Lipinski definition) is 3. The minimum Gasteiger partial charge on any atom is -0.255 e. The fraction of sp³-hybridized carbons (Fsp3) is 0.333. The van der Waals surface area contributed by atoms with Gasteiger partial charge in [-0.15, -0.1) is 0 Å². The Labute approximate surface area is 81.9 Å². The summed E-state index contributed by atoms with van der Waals surface area (Å²) in [6, 6.07) is 1.87. The van der Waals surface area contributed by atoms with Crippen LogP contribution in [0.3, 0.4) is 0 Å². The van der Waals surface area contributed by atoms with E-state index in [-0.39, 0.29) is 5.91 Å². The first kappa shape index (κ1) is 9.26. The Morgan fingerprint density at radius 3 is 2.93 bits per heavy atom. The lowest BCUT2D eigenvalue weighted by molar-refractivity contribution is -0.870. The number of carbonyl (C=O) groups is 1. The molecule has 1 aromatic rings. The molecule has 14 heavy (non-hydrogen) atoms. The third-order valence-corrected chi connectivity index (χ3v) is 2.27. The molecule has 0 aromatic carbocycles. The molecule has 1 aliphatic rings. The predicted octanol–water partition coefficient (Wildman–Crippen LogP) is -1.46. The lowest BCUT2D eigenvalue weighted by Gasteiger charge is -2.11. The minimum atomic E-state index is 0.0202. The molecule has 0 bridgehead atoms. The maximum Gasteiger partial charge on any atom is 0.372 e. The highest BCUT2D eigenvalue weighted by Gasteiger charge is 2.25. The molecular formula is C9H14N4O+2. The smallest absolute Gasteiger partial charge is 0.255 e. The van der Waals surface area contributed by atoms with Gasteiger partial charge in [-0.25, -0.2) is 4.79 Å². The third kappa shape index (κ3) is 1.52. The molecule has 74 valence electrons. The quantitative estimate of drug-likeness (QED) is 0.478. The van der Waals surface area contributed by atoms with Crippen LogP contribution in [-0.2, 0) is 0 Å². The van der Waals surface area contributed by atoms with Crippen LogP contribution in [0.2, 0.25) is 0 Å². The molecule has 0 spiro atoms. The molecular weight excluding hydrogens is 180 g/mol. The molecule has 0 unspecified atom stereocenters. The molecule has 5 nitrogen and oxygen atoms in total. The third-order valence-electron chi connectivity index (χ3n) is 2.27. The van der Waals surface area contributed by atoms with Crippen LogP contribution in [0.1, 0.15) is 35.8 Å². The molecule has 2 rings (SSSR count). The van der Waals surface area contributed by atoms with E-state index in [4.69, 9.17) is 0 Å². The van der Waals surface area contributed by atoms with E-state index in [2.05, 4.69) is 24.4 Å². The number of rotatable bonds is 1. The van der Waals surface area contributed by atoms with Crippen molar-refractivity contribution >= 4 is 11.6 Å². The summed E-state index contributed by atoms with van der Waals surface area (Å²) in [5.74, 6) is 0.370. The standard InChI is InChI=1S/C9H12N4O/c1-5(2)7-3-6-8(4-10-7)11-13-12-9(6)14/h3-5,11,13H,1-2H3,(H,12,14)/p+2. The topological polar surface area (TPSA) is 75.2 Å². The van der Waals surface area contributed by atoms with Crippen LogP contribution in [-0.4, -0.2) is 10.9 Å². The Morgan fingerprint density at radius 2 is 2.21 bits per heavy atom. The number of nitrogens with two attached hydrogens (primary N) is 2. The largest absolute Gasteiger partial charge is 0.372 e. The molecule has 1 aliphatic heterocycles. The molecule has 1 aromatic heterocycles. The van der Waals surface area contributed by atoms with Gasteiger partial charge in [-0.1, -0.05) is 13.8 Å². The zero-order valence-electron chi connectivity index (χ0n) is 8.24. The number of aromatic nitrogens is 1. The highest BCUT2D eigenvalue weighted by Crippen LogP contribution is 2.16. The maximum atomic E-state index is 11.5. The molecule has 1 amide bonds. The summed E-state index contributed by atoms with van der Waals surface area (Å²) >= 11 is 0.